The van der Waals surface area contributed by atoms with Crippen LogP contribution in [0.5, 0.6) is 0 Å². The third-order valence-electron chi connectivity index (χ3n) is 3.50. The number of nitrogens with one attached hydrogen (secondary N) is 1. The van der Waals surface area contributed by atoms with E-state index in [9.17, 15) is 0 Å². The number of piperidine rings is 1. The van der Waals surface area contributed by atoms with Gasteiger partial charge in [-0.15, -0.1) is 0 Å². The summed E-state index contributed by atoms with van der Waals surface area (Å²) in [7, 11) is 0. The summed E-state index contributed by atoms with van der Waals surface area (Å²) in [6.07, 6.45) is 2.51. The minimum atomic E-state index is 0.715. The van der Waals surface area contributed by atoms with E-state index in [0.29, 0.717) is 5.92 Å². The number of rotatable bonds is 2. The van der Waals surface area contributed by atoms with Gasteiger partial charge in [0.05, 0.1) is 5.69 Å². The molecule has 0 aromatic carbocycles. The van der Waals surface area contributed by atoms with Crippen LogP contribution in [0.25, 0.3) is 0 Å². The molecule has 84 valence electrons. The predicted molar refractivity (Wildman–Crippen MR) is 62.2 cm³/mol. The van der Waals surface area contributed by atoms with Crippen LogP contribution in [0.1, 0.15) is 42.6 Å². The van der Waals surface area contributed by atoms with E-state index < -0.39 is 0 Å². The number of nitrogens with zero attached hydrogens (tertiary/aromatic N) is 2. The maximum Gasteiger partial charge on any atom is 0.0625 e. The van der Waals surface area contributed by atoms with E-state index in [-0.39, 0.29) is 0 Å². The van der Waals surface area contributed by atoms with Crippen molar-refractivity contribution in [2.24, 2.45) is 0 Å². The van der Waals surface area contributed by atoms with Crippen LogP contribution in [0.4, 0.5) is 0 Å². The second-order valence-corrected chi connectivity index (χ2v) is 4.44. The van der Waals surface area contributed by atoms with Crippen LogP contribution in [-0.4, -0.2) is 22.9 Å². The molecule has 0 unspecified atom stereocenters. The van der Waals surface area contributed by atoms with E-state index in [1.807, 2.05) is 0 Å². The van der Waals surface area contributed by atoms with Gasteiger partial charge in [0, 0.05) is 18.2 Å². The zero-order valence-electron chi connectivity index (χ0n) is 10.0. The Balaban J connectivity index is 2.31. The van der Waals surface area contributed by atoms with Gasteiger partial charge >= 0.3 is 0 Å². The second kappa shape index (κ2) is 4.35. The van der Waals surface area contributed by atoms with Gasteiger partial charge in [0.15, 0.2) is 0 Å². The average molecular weight is 207 g/mol. The molecule has 1 aromatic heterocycles. The molecule has 0 bridgehead atoms. The largest absolute Gasteiger partial charge is 0.317 e. The van der Waals surface area contributed by atoms with Crippen LogP contribution < -0.4 is 5.32 Å². The molecule has 15 heavy (non-hydrogen) atoms. The monoisotopic (exact) mass is 207 g/mol. The maximum atomic E-state index is 4.60. The first-order valence-corrected chi connectivity index (χ1v) is 5.98. The first kappa shape index (κ1) is 10.7. The smallest absolute Gasteiger partial charge is 0.0625 e. The van der Waals surface area contributed by atoms with Gasteiger partial charge in [0.25, 0.3) is 0 Å². The second-order valence-electron chi connectivity index (χ2n) is 4.44. The number of hydrogen-bond donors (Lipinski definition) is 1. The van der Waals surface area contributed by atoms with Crippen LogP contribution in [-0.2, 0) is 6.54 Å². The van der Waals surface area contributed by atoms with E-state index >= 15 is 0 Å². The molecule has 1 aliphatic heterocycles. The van der Waals surface area contributed by atoms with Crippen LogP contribution in [0.2, 0.25) is 0 Å². The fourth-order valence-electron chi connectivity index (χ4n) is 2.54. The molecular formula is C12H21N3. The van der Waals surface area contributed by atoms with Crippen molar-refractivity contribution >= 4 is 0 Å². The van der Waals surface area contributed by atoms with Crippen LogP contribution in [0.3, 0.4) is 0 Å². The summed E-state index contributed by atoms with van der Waals surface area (Å²) in [5.74, 6) is 0.715. The van der Waals surface area contributed by atoms with Crippen molar-refractivity contribution in [1.82, 2.24) is 15.1 Å². The third kappa shape index (κ3) is 1.93. The van der Waals surface area contributed by atoms with Crippen molar-refractivity contribution in [2.75, 3.05) is 13.1 Å². The van der Waals surface area contributed by atoms with E-state index in [1.54, 1.807) is 0 Å². The summed E-state index contributed by atoms with van der Waals surface area (Å²) in [5.41, 5.74) is 4.09. The lowest BCUT2D eigenvalue weighted by atomic mass is 9.92. The lowest BCUT2D eigenvalue weighted by Gasteiger charge is -2.24. The topological polar surface area (TPSA) is 29.9 Å². The summed E-state index contributed by atoms with van der Waals surface area (Å²) < 4.78 is 2.20. The summed E-state index contributed by atoms with van der Waals surface area (Å²) in [4.78, 5) is 0. The zero-order valence-corrected chi connectivity index (χ0v) is 10.0. The van der Waals surface area contributed by atoms with Gasteiger partial charge in [0.2, 0.25) is 0 Å². The Labute approximate surface area is 91.9 Å². The highest BCUT2D eigenvalue weighted by Gasteiger charge is 2.22. The standard InChI is InChI=1S/C12H21N3/c1-4-15-12(9(2)10(3)14-15)11-5-7-13-8-6-11/h11,13H,4-8H2,1-3H3. The first-order chi connectivity index (χ1) is 7.24. The highest BCUT2D eigenvalue weighted by Crippen LogP contribution is 2.29. The summed E-state index contributed by atoms with van der Waals surface area (Å²) >= 11 is 0. The van der Waals surface area contributed by atoms with Gasteiger partial charge in [-0.3, -0.25) is 4.68 Å². The molecule has 0 spiro atoms. The molecule has 0 atom stereocenters. The molecular weight excluding hydrogens is 186 g/mol. The van der Waals surface area contributed by atoms with Gasteiger partial charge in [-0.05, 0) is 52.3 Å². The quantitative estimate of drug-likeness (QED) is 0.803. The van der Waals surface area contributed by atoms with E-state index in [4.69, 9.17) is 0 Å². The van der Waals surface area contributed by atoms with E-state index in [1.165, 1.54) is 29.8 Å². The average Bonchev–Trinajstić information content (AvgIpc) is 2.56. The summed E-state index contributed by atoms with van der Waals surface area (Å²) in [6.45, 7) is 9.80. The molecule has 1 fully saturated rings. The molecule has 2 heterocycles. The van der Waals surface area contributed by atoms with Crippen molar-refractivity contribution < 1.29 is 0 Å². The van der Waals surface area contributed by atoms with Gasteiger partial charge in [0.1, 0.15) is 0 Å². The summed E-state index contributed by atoms with van der Waals surface area (Å²) in [6, 6.07) is 0. The minimum absolute atomic E-state index is 0.715. The summed E-state index contributed by atoms with van der Waals surface area (Å²) in [5, 5.41) is 8.02. The molecule has 1 N–H and O–H groups in total. The molecule has 1 aliphatic rings. The Morgan fingerprint density at radius 2 is 2.00 bits per heavy atom. The van der Waals surface area contributed by atoms with Gasteiger partial charge < -0.3 is 5.32 Å². The predicted octanol–water partition coefficient (Wildman–Crippen LogP) is 1.99. The van der Waals surface area contributed by atoms with Crippen molar-refractivity contribution in [3.63, 3.8) is 0 Å². The SMILES string of the molecule is CCn1nc(C)c(C)c1C1CCNCC1. The molecule has 2 rings (SSSR count). The highest BCUT2D eigenvalue weighted by atomic mass is 15.3. The Hall–Kier alpha value is -0.830. The van der Waals surface area contributed by atoms with Crippen molar-refractivity contribution in [3.05, 3.63) is 17.0 Å². The Kier molecular flexibility index (Phi) is 3.10. The lowest BCUT2D eigenvalue weighted by Crippen LogP contribution is -2.28. The van der Waals surface area contributed by atoms with Crippen molar-refractivity contribution in [1.29, 1.82) is 0 Å². The third-order valence-corrected chi connectivity index (χ3v) is 3.50. The molecule has 0 radical (unpaired) electrons. The Bertz CT molecular complexity index is 335. The fourth-order valence-corrected chi connectivity index (χ4v) is 2.54. The van der Waals surface area contributed by atoms with Gasteiger partial charge in [-0.1, -0.05) is 0 Å². The number of hydrogen-bond acceptors (Lipinski definition) is 2. The van der Waals surface area contributed by atoms with Gasteiger partial charge in [-0.2, -0.15) is 5.10 Å². The van der Waals surface area contributed by atoms with E-state index in [2.05, 4.69) is 35.9 Å². The molecule has 0 amide bonds. The van der Waals surface area contributed by atoms with Gasteiger partial charge in [-0.25, -0.2) is 0 Å². The van der Waals surface area contributed by atoms with Crippen LogP contribution >= 0.6 is 0 Å². The van der Waals surface area contributed by atoms with Crippen LogP contribution in [0.15, 0.2) is 0 Å². The maximum absolute atomic E-state index is 4.60. The van der Waals surface area contributed by atoms with Crippen LogP contribution in [0, 0.1) is 13.8 Å². The molecule has 0 aliphatic carbocycles. The number of aryl methyl sites for hydroxylation is 2. The molecule has 3 nitrogen and oxygen atoms in total. The molecule has 1 aromatic rings. The van der Waals surface area contributed by atoms with Crippen molar-refractivity contribution in [3.8, 4) is 0 Å². The normalized spacial score (nSPS) is 18.3. The molecule has 0 saturated carbocycles. The molecule has 1 saturated heterocycles. The van der Waals surface area contributed by atoms with Crippen molar-refractivity contribution in [2.45, 2.75) is 46.1 Å². The lowest BCUT2D eigenvalue weighted by molar-refractivity contribution is 0.431. The zero-order chi connectivity index (χ0) is 10.8. The number of aromatic nitrogens is 2. The minimum Gasteiger partial charge on any atom is -0.317 e. The Morgan fingerprint density at radius 1 is 1.33 bits per heavy atom. The fraction of sp³-hybridized carbons (Fsp3) is 0.750. The molecule has 3 heteroatoms. The Morgan fingerprint density at radius 3 is 2.60 bits per heavy atom. The van der Waals surface area contributed by atoms with E-state index in [0.717, 1.165) is 19.6 Å². The highest BCUT2D eigenvalue weighted by molar-refractivity contribution is 5.27. The first-order valence-electron chi connectivity index (χ1n) is 5.98.